The SMILES string of the molecule is CCCc1csc(CC(=O)O)c1. The summed E-state index contributed by atoms with van der Waals surface area (Å²) >= 11 is 1.54. The first-order chi connectivity index (χ1) is 5.72. The molecule has 0 atom stereocenters. The van der Waals surface area contributed by atoms with Crippen molar-refractivity contribution in [2.75, 3.05) is 0 Å². The lowest BCUT2D eigenvalue weighted by molar-refractivity contribution is -0.136. The molecule has 1 aromatic heterocycles. The molecule has 12 heavy (non-hydrogen) atoms. The first-order valence-corrected chi connectivity index (χ1v) is 4.88. The molecule has 0 bridgehead atoms. The first kappa shape index (κ1) is 9.26. The maximum absolute atomic E-state index is 10.3. The predicted octanol–water partition coefficient (Wildman–Crippen LogP) is 2.33. The molecule has 1 heterocycles. The van der Waals surface area contributed by atoms with E-state index in [0.29, 0.717) is 0 Å². The van der Waals surface area contributed by atoms with Gasteiger partial charge in [0.15, 0.2) is 0 Å². The monoisotopic (exact) mass is 184 g/mol. The van der Waals surface area contributed by atoms with Crippen LogP contribution in [0.15, 0.2) is 11.4 Å². The minimum atomic E-state index is -0.750. The lowest BCUT2D eigenvalue weighted by atomic mass is 10.2. The zero-order valence-electron chi connectivity index (χ0n) is 7.04. The van der Waals surface area contributed by atoms with E-state index in [0.717, 1.165) is 17.7 Å². The molecule has 0 saturated heterocycles. The van der Waals surface area contributed by atoms with Gasteiger partial charge in [0.1, 0.15) is 0 Å². The molecule has 1 N–H and O–H groups in total. The van der Waals surface area contributed by atoms with Crippen LogP contribution in [0.2, 0.25) is 0 Å². The van der Waals surface area contributed by atoms with Crippen molar-refractivity contribution in [3.8, 4) is 0 Å². The number of aryl methyl sites for hydroxylation is 1. The zero-order valence-corrected chi connectivity index (χ0v) is 7.86. The van der Waals surface area contributed by atoms with Gasteiger partial charge in [-0.2, -0.15) is 0 Å². The summed E-state index contributed by atoms with van der Waals surface area (Å²) in [5, 5.41) is 10.6. The number of rotatable bonds is 4. The Labute approximate surface area is 75.9 Å². The average molecular weight is 184 g/mol. The fourth-order valence-corrected chi connectivity index (χ4v) is 2.00. The van der Waals surface area contributed by atoms with E-state index in [-0.39, 0.29) is 6.42 Å². The molecule has 0 aliphatic heterocycles. The fourth-order valence-electron chi connectivity index (χ4n) is 1.09. The molecule has 3 heteroatoms. The Morgan fingerprint density at radius 3 is 3.00 bits per heavy atom. The molecule has 2 nitrogen and oxygen atoms in total. The molecule has 0 fully saturated rings. The molecule has 66 valence electrons. The number of hydrogen-bond donors (Lipinski definition) is 1. The topological polar surface area (TPSA) is 37.3 Å². The second kappa shape index (κ2) is 4.26. The summed E-state index contributed by atoms with van der Waals surface area (Å²) in [4.78, 5) is 11.3. The first-order valence-electron chi connectivity index (χ1n) is 4.00. The van der Waals surface area contributed by atoms with Gasteiger partial charge < -0.3 is 5.11 Å². The van der Waals surface area contributed by atoms with Crippen molar-refractivity contribution in [1.82, 2.24) is 0 Å². The Balaban J connectivity index is 2.58. The number of hydrogen-bond acceptors (Lipinski definition) is 2. The maximum atomic E-state index is 10.3. The number of carboxylic acid groups (broad SMARTS) is 1. The molecular weight excluding hydrogens is 172 g/mol. The summed E-state index contributed by atoms with van der Waals surface area (Å²) in [5.74, 6) is -0.750. The van der Waals surface area contributed by atoms with Crippen LogP contribution in [-0.2, 0) is 17.6 Å². The molecule has 0 amide bonds. The van der Waals surface area contributed by atoms with Crippen LogP contribution in [0.4, 0.5) is 0 Å². The third-order valence-corrected chi connectivity index (χ3v) is 2.56. The Morgan fingerprint density at radius 1 is 1.67 bits per heavy atom. The molecule has 0 unspecified atom stereocenters. The lowest BCUT2D eigenvalue weighted by Crippen LogP contribution is -1.97. The minimum absolute atomic E-state index is 0.161. The van der Waals surface area contributed by atoms with E-state index in [1.165, 1.54) is 16.9 Å². The standard InChI is InChI=1S/C9H12O2S/c1-2-3-7-4-8(12-6-7)5-9(10)11/h4,6H,2-3,5H2,1H3,(H,10,11). The fraction of sp³-hybridized carbons (Fsp3) is 0.444. The summed E-state index contributed by atoms with van der Waals surface area (Å²) in [6, 6.07) is 1.99. The van der Waals surface area contributed by atoms with Crippen LogP contribution < -0.4 is 0 Å². The summed E-state index contributed by atoms with van der Waals surface area (Å²) in [6.45, 7) is 2.12. The second-order valence-electron chi connectivity index (χ2n) is 2.74. The quantitative estimate of drug-likeness (QED) is 0.779. The molecular formula is C9H12O2S. The highest BCUT2D eigenvalue weighted by molar-refractivity contribution is 7.10. The van der Waals surface area contributed by atoms with E-state index in [2.05, 4.69) is 6.92 Å². The third kappa shape index (κ3) is 2.66. The average Bonchev–Trinajstić information content (AvgIpc) is 2.36. The summed E-state index contributed by atoms with van der Waals surface area (Å²) < 4.78 is 0. The molecule has 0 radical (unpaired) electrons. The number of carbonyl (C=O) groups is 1. The number of aliphatic carboxylic acids is 1. The highest BCUT2D eigenvalue weighted by Gasteiger charge is 2.03. The van der Waals surface area contributed by atoms with Crippen LogP contribution in [-0.4, -0.2) is 11.1 Å². The van der Waals surface area contributed by atoms with Crippen molar-refractivity contribution in [3.63, 3.8) is 0 Å². The van der Waals surface area contributed by atoms with E-state index in [9.17, 15) is 4.79 Å². The van der Waals surface area contributed by atoms with Crippen molar-refractivity contribution in [2.24, 2.45) is 0 Å². The van der Waals surface area contributed by atoms with Crippen LogP contribution in [0.3, 0.4) is 0 Å². The Bertz CT molecular complexity index is 265. The molecule has 0 aromatic carbocycles. The van der Waals surface area contributed by atoms with Gasteiger partial charge in [-0.25, -0.2) is 0 Å². The van der Waals surface area contributed by atoms with Crippen molar-refractivity contribution in [2.45, 2.75) is 26.2 Å². The normalized spacial score (nSPS) is 10.1. The summed E-state index contributed by atoms with van der Waals surface area (Å²) in [6.07, 6.45) is 2.33. The van der Waals surface area contributed by atoms with E-state index in [1.807, 2.05) is 11.4 Å². The third-order valence-electron chi connectivity index (χ3n) is 1.57. The van der Waals surface area contributed by atoms with Gasteiger partial charge in [0.25, 0.3) is 0 Å². The zero-order chi connectivity index (χ0) is 8.97. The Hall–Kier alpha value is -0.830. The minimum Gasteiger partial charge on any atom is -0.481 e. The molecule has 1 aromatic rings. The lowest BCUT2D eigenvalue weighted by Gasteiger charge is -1.89. The van der Waals surface area contributed by atoms with Crippen molar-refractivity contribution in [3.05, 3.63) is 21.9 Å². The molecule has 0 aliphatic rings. The second-order valence-corrected chi connectivity index (χ2v) is 3.74. The molecule has 1 rings (SSSR count). The van der Waals surface area contributed by atoms with Gasteiger partial charge in [-0.3, -0.25) is 4.79 Å². The molecule has 0 spiro atoms. The molecule has 0 saturated carbocycles. The molecule has 0 aliphatic carbocycles. The summed E-state index contributed by atoms with van der Waals surface area (Å²) in [7, 11) is 0. The maximum Gasteiger partial charge on any atom is 0.308 e. The van der Waals surface area contributed by atoms with Crippen molar-refractivity contribution in [1.29, 1.82) is 0 Å². The van der Waals surface area contributed by atoms with Gasteiger partial charge in [-0.15, -0.1) is 11.3 Å². The van der Waals surface area contributed by atoms with Gasteiger partial charge in [0, 0.05) is 4.88 Å². The Kier molecular flexibility index (Phi) is 3.29. The van der Waals surface area contributed by atoms with Crippen LogP contribution in [0.25, 0.3) is 0 Å². The van der Waals surface area contributed by atoms with Crippen molar-refractivity contribution < 1.29 is 9.90 Å². The summed E-state index contributed by atoms with van der Waals surface area (Å²) in [5.41, 5.74) is 1.26. The van der Waals surface area contributed by atoms with Gasteiger partial charge in [-0.05, 0) is 23.4 Å². The van der Waals surface area contributed by atoms with E-state index in [1.54, 1.807) is 0 Å². The van der Waals surface area contributed by atoms with E-state index < -0.39 is 5.97 Å². The largest absolute Gasteiger partial charge is 0.481 e. The van der Waals surface area contributed by atoms with Crippen LogP contribution in [0.1, 0.15) is 23.8 Å². The highest BCUT2D eigenvalue weighted by Crippen LogP contribution is 2.16. The smallest absolute Gasteiger partial charge is 0.308 e. The number of carboxylic acids is 1. The van der Waals surface area contributed by atoms with Gasteiger partial charge in [0.2, 0.25) is 0 Å². The van der Waals surface area contributed by atoms with Gasteiger partial charge in [0.05, 0.1) is 6.42 Å². The van der Waals surface area contributed by atoms with E-state index >= 15 is 0 Å². The number of thiophene rings is 1. The van der Waals surface area contributed by atoms with Crippen LogP contribution in [0, 0.1) is 0 Å². The van der Waals surface area contributed by atoms with Gasteiger partial charge >= 0.3 is 5.97 Å². The van der Waals surface area contributed by atoms with Crippen LogP contribution in [0.5, 0.6) is 0 Å². The van der Waals surface area contributed by atoms with Crippen molar-refractivity contribution >= 4 is 17.3 Å². The van der Waals surface area contributed by atoms with E-state index in [4.69, 9.17) is 5.11 Å². The Morgan fingerprint density at radius 2 is 2.42 bits per heavy atom. The van der Waals surface area contributed by atoms with Crippen LogP contribution >= 0.6 is 11.3 Å². The predicted molar refractivity (Wildman–Crippen MR) is 49.7 cm³/mol. The highest BCUT2D eigenvalue weighted by atomic mass is 32.1. The van der Waals surface area contributed by atoms with Gasteiger partial charge in [-0.1, -0.05) is 13.3 Å².